The van der Waals surface area contributed by atoms with Gasteiger partial charge in [-0.1, -0.05) is 31.2 Å². The molecule has 0 spiro atoms. The highest BCUT2D eigenvalue weighted by molar-refractivity contribution is 6.08. The number of piperidine rings is 1. The maximum absolute atomic E-state index is 12.5. The number of nitrogens with one attached hydrogen (secondary N) is 1. The third-order valence-electron chi connectivity index (χ3n) is 4.80. The van der Waals surface area contributed by atoms with Crippen LogP contribution in [0.1, 0.15) is 46.0 Å². The normalized spacial score (nSPS) is 17.7. The Kier molecular flexibility index (Phi) is 5.68. The topological polar surface area (TPSA) is 75.4 Å². The molecule has 2 aromatic carbocycles. The summed E-state index contributed by atoms with van der Waals surface area (Å²) in [7, 11) is 0. The van der Waals surface area contributed by atoms with Gasteiger partial charge in [-0.05, 0) is 55.1 Å². The Morgan fingerprint density at radius 1 is 1.15 bits per heavy atom. The van der Waals surface area contributed by atoms with Gasteiger partial charge in [-0.15, -0.1) is 0 Å². The Labute approximate surface area is 154 Å². The van der Waals surface area contributed by atoms with E-state index in [1.165, 1.54) is 18.4 Å². The molecule has 5 nitrogen and oxygen atoms in total. The fourth-order valence-electron chi connectivity index (χ4n) is 3.45. The largest absolute Gasteiger partial charge is 0.366 e. The highest BCUT2D eigenvalue weighted by atomic mass is 16.2. The lowest BCUT2D eigenvalue weighted by molar-refractivity contribution is 0.100. The van der Waals surface area contributed by atoms with Crippen molar-refractivity contribution < 1.29 is 9.59 Å². The van der Waals surface area contributed by atoms with Crippen molar-refractivity contribution in [2.75, 3.05) is 18.4 Å². The monoisotopic (exact) mass is 351 g/mol. The summed E-state index contributed by atoms with van der Waals surface area (Å²) in [6.45, 7) is 5.48. The van der Waals surface area contributed by atoms with Crippen LogP contribution in [0.4, 0.5) is 5.69 Å². The molecule has 136 valence electrons. The Balaban J connectivity index is 1.65. The van der Waals surface area contributed by atoms with Crippen molar-refractivity contribution in [2.24, 2.45) is 11.7 Å². The first-order valence-corrected chi connectivity index (χ1v) is 9.04. The molecule has 1 fully saturated rings. The summed E-state index contributed by atoms with van der Waals surface area (Å²) in [5.41, 5.74) is 7.84. The van der Waals surface area contributed by atoms with Gasteiger partial charge in [0.1, 0.15) is 0 Å². The number of para-hydroxylation sites is 1. The zero-order valence-electron chi connectivity index (χ0n) is 15.1. The molecule has 2 amide bonds. The molecule has 3 rings (SSSR count). The molecule has 1 aliphatic rings. The highest BCUT2D eigenvalue weighted by Gasteiger charge is 2.16. The lowest BCUT2D eigenvalue weighted by atomic mass is 9.99. The molecule has 0 aliphatic carbocycles. The fraction of sp³-hybridized carbons (Fsp3) is 0.333. The van der Waals surface area contributed by atoms with Gasteiger partial charge in [-0.3, -0.25) is 14.5 Å². The molecule has 1 saturated heterocycles. The maximum Gasteiger partial charge on any atom is 0.255 e. The van der Waals surface area contributed by atoms with Gasteiger partial charge in [0.15, 0.2) is 0 Å². The van der Waals surface area contributed by atoms with Crippen LogP contribution in [0.2, 0.25) is 0 Å². The molecule has 0 radical (unpaired) electrons. The van der Waals surface area contributed by atoms with E-state index in [0.717, 1.165) is 25.6 Å². The number of anilines is 1. The SMILES string of the molecule is C[C@@H]1CCCN(Cc2ccc(C(=O)Nc3ccccc3C(N)=O)cc2)C1. The molecule has 0 aromatic heterocycles. The number of carbonyl (C=O) groups is 2. The summed E-state index contributed by atoms with van der Waals surface area (Å²) in [6, 6.07) is 14.4. The molecular formula is C21H25N3O2. The number of rotatable bonds is 5. The average molecular weight is 351 g/mol. The van der Waals surface area contributed by atoms with Gasteiger partial charge >= 0.3 is 0 Å². The lowest BCUT2D eigenvalue weighted by Crippen LogP contribution is -2.33. The number of carbonyl (C=O) groups excluding carboxylic acids is 2. The van der Waals surface area contributed by atoms with Gasteiger partial charge in [-0.2, -0.15) is 0 Å². The minimum absolute atomic E-state index is 0.253. The summed E-state index contributed by atoms with van der Waals surface area (Å²) in [5.74, 6) is -0.0667. The minimum atomic E-state index is -0.563. The van der Waals surface area contributed by atoms with Crippen LogP contribution in [-0.2, 0) is 6.54 Å². The quantitative estimate of drug-likeness (QED) is 0.868. The van der Waals surface area contributed by atoms with Gasteiger partial charge in [0.2, 0.25) is 0 Å². The molecular weight excluding hydrogens is 326 g/mol. The van der Waals surface area contributed by atoms with E-state index in [1.54, 1.807) is 24.3 Å². The molecule has 1 atom stereocenters. The van der Waals surface area contributed by atoms with Crippen LogP contribution < -0.4 is 11.1 Å². The maximum atomic E-state index is 12.5. The molecule has 0 saturated carbocycles. The van der Waals surface area contributed by atoms with Crippen molar-refractivity contribution in [3.8, 4) is 0 Å². The van der Waals surface area contributed by atoms with E-state index < -0.39 is 5.91 Å². The van der Waals surface area contributed by atoms with E-state index in [9.17, 15) is 9.59 Å². The van der Waals surface area contributed by atoms with E-state index in [2.05, 4.69) is 17.1 Å². The second-order valence-electron chi connectivity index (χ2n) is 7.04. The molecule has 5 heteroatoms. The minimum Gasteiger partial charge on any atom is -0.366 e. The Morgan fingerprint density at radius 3 is 2.58 bits per heavy atom. The van der Waals surface area contributed by atoms with Crippen molar-refractivity contribution in [1.82, 2.24) is 4.90 Å². The molecule has 2 aromatic rings. The number of hydrogen-bond donors (Lipinski definition) is 2. The van der Waals surface area contributed by atoms with E-state index in [0.29, 0.717) is 16.8 Å². The van der Waals surface area contributed by atoms with Crippen LogP contribution in [0.15, 0.2) is 48.5 Å². The average Bonchev–Trinajstić information content (AvgIpc) is 2.62. The summed E-state index contributed by atoms with van der Waals surface area (Å²) >= 11 is 0. The third kappa shape index (κ3) is 4.49. The first-order chi connectivity index (χ1) is 12.5. The second-order valence-corrected chi connectivity index (χ2v) is 7.04. The van der Waals surface area contributed by atoms with Crippen LogP contribution in [0.3, 0.4) is 0 Å². The van der Waals surface area contributed by atoms with Crippen molar-refractivity contribution in [2.45, 2.75) is 26.3 Å². The predicted molar refractivity (Wildman–Crippen MR) is 103 cm³/mol. The van der Waals surface area contributed by atoms with Crippen LogP contribution in [0, 0.1) is 5.92 Å². The number of nitrogens with zero attached hydrogens (tertiary/aromatic N) is 1. The Bertz CT molecular complexity index is 786. The third-order valence-corrected chi connectivity index (χ3v) is 4.80. The number of hydrogen-bond acceptors (Lipinski definition) is 3. The van der Waals surface area contributed by atoms with Crippen molar-refractivity contribution in [3.05, 3.63) is 65.2 Å². The van der Waals surface area contributed by atoms with Gasteiger partial charge in [0.05, 0.1) is 11.3 Å². The zero-order chi connectivity index (χ0) is 18.5. The molecule has 3 N–H and O–H groups in total. The Morgan fingerprint density at radius 2 is 1.88 bits per heavy atom. The zero-order valence-corrected chi connectivity index (χ0v) is 15.1. The standard InChI is InChI=1S/C21H25N3O2/c1-15-5-4-12-24(13-15)14-16-8-10-17(11-9-16)21(26)23-19-7-3-2-6-18(19)20(22)25/h2-3,6-11,15H,4-5,12-14H2,1H3,(H2,22,25)(H,23,26)/t15-/m1/s1. The predicted octanol–water partition coefficient (Wildman–Crippen LogP) is 3.27. The first-order valence-electron chi connectivity index (χ1n) is 9.04. The number of nitrogens with two attached hydrogens (primary N) is 1. The van der Waals surface area contributed by atoms with Crippen LogP contribution >= 0.6 is 0 Å². The summed E-state index contributed by atoms with van der Waals surface area (Å²) in [4.78, 5) is 26.4. The lowest BCUT2D eigenvalue weighted by Gasteiger charge is -2.30. The molecule has 0 unspecified atom stereocenters. The van der Waals surface area contributed by atoms with Crippen molar-refractivity contribution in [1.29, 1.82) is 0 Å². The number of likely N-dealkylation sites (tertiary alicyclic amines) is 1. The first kappa shape index (κ1) is 18.1. The van der Waals surface area contributed by atoms with E-state index in [-0.39, 0.29) is 5.91 Å². The van der Waals surface area contributed by atoms with E-state index in [4.69, 9.17) is 5.73 Å². The van der Waals surface area contributed by atoms with Crippen molar-refractivity contribution in [3.63, 3.8) is 0 Å². The summed E-state index contributed by atoms with van der Waals surface area (Å²) < 4.78 is 0. The number of benzene rings is 2. The number of amides is 2. The summed E-state index contributed by atoms with van der Waals surface area (Å²) in [6.07, 6.45) is 2.56. The van der Waals surface area contributed by atoms with Gasteiger partial charge in [0, 0.05) is 18.7 Å². The van der Waals surface area contributed by atoms with Crippen LogP contribution in [-0.4, -0.2) is 29.8 Å². The molecule has 1 heterocycles. The molecule has 1 aliphatic heterocycles. The van der Waals surface area contributed by atoms with E-state index >= 15 is 0 Å². The highest BCUT2D eigenvalue weighted by Crippen LogP contribution is 2.19. The van der Waals surface area contributed by atoms with E-state index in [1.807, 2.05) is 24.3 Å². The number of primary amides is 1. The van der Waals surface area contributed by atoms with Crippen molar-refractivity contribution >= 4 is 17.5 Å². The van der Waals surface area contributed by atoms with Gasteiger partial charge < -0.3 is 11.1 Å². The summed E-state index contributed by atoms with van der Waals surface area (Å²) in [5, 5.41) is 2.76. The van der Waals surface area contributed by atoms with Gasteiger partial charge in [-0.25, -0.2) is 0 Å². The fourth-order valence-corrected chi connectivity index (χ4v) is 3.45. The second kappa shape index (κ2) is 8.15. The Hall–Kier alpha value is -2.66. The van der Waals surface area contributed by atoms with Gasteiger partial charge in [0.25, 0.3) is 11.8 Å². The van der Waals surface area contributed by atoms with Crippen LogP contribution in [0.25, 0.3) is 0 Å². The smallest absolute Gasteiger partial charge is 0.255 e. The molecule has 0 bridgehead atoms. The van der Waals surface area contributed by atoms with Crippen LogP contribution in [0.5, 0.6) is 0 Å². The molecule has 26 heavy (non-hydrogen) atoms.